The van der Waals surface area contributed by atoms with E-state index < -0.39 is 10.1 Å². The Kier molecular flexibility index (Phi) is 10.4. The second-order valence-electron chi connectivity index (χ2n) is 2.31. The van der Waals surface area contributed by atoms with Gasteiger partial charge < -0.3 is 4.55 Å². The van der Waals surface area contributed by atoms with Gasteiger partial charge in [0.15, 0.2) is 5.12 Å². The molecule has 0 unspecified atom stereocenters. The third-order valence-electron chi connectivity index (χ3n) is 1.09. The van der Waals surface area contributed by atoms with E-state index in [2.05, 4.69) is 0 Å². The monoisotopic (exact) mass is 234 g/mol. The van der Waals surface area contributed by atoms with Crippen LogP contribution in [-0.4, -0.2) is 29.6 Å². The Bertz CT molecular complexity index is 237. The third-order valence-corrected chi connectivity index (χ3v) is 2.78. The molecule has 0 N–H and O–H groups in total. The van der Waals surface area contributed by atoms with Crippen LogP contribution < -0.4 is 29.6 Å². The zero-order valence-electron chi connectivity index (χ0n) is 7.78. The summed E-state index contributed by atoms with van der Waals surface area (Å²) in [5, 5.41) is 0.0139. The molecule has 13 heavy (non-hydrogen) atoms. The summed E-state index contributed by atoms with van der Waals surface area (Å²) < 4.78 is 30.3. The van der Waals surface area contributed by atoms with E-state index >= 15 is 0 Å². The van der Waals surface area contributed by atoms with Crippen molar-refractivity contribution in [2.24, 2.45) is 0 Å². The number of thioether (sulfide) groups is 1. The molecule has 0 fully saturated rings. The van der Waals surface area contributed by atoms with Crippen LogP contribution in [-0.2, 0) is 14.9 Å². The van der Waals surface area contributed by atoms with E-state index in [4.69, 9.17) is 0 Å². The molecule has 0 aromatic heterocycles. The van der Waals surface area contributed by atoms with Crippen molar-refractivity contribution < 1.29 is 47.3 Å². The average Bonchev–Trinajstić information content (AvgIpc) is 1.83. The summed E-state index contributed by atoms with van der Waals surface area (Å²) in [6.45, 7) is 1.45. The Morgan fingerprint density at radius 1 is 1.38 bits per heavy atom. The number of rotatable bonds is 5. The van der Waals surface area contributed by atoms with E-state index in [1.807, 2.05) is 0 Å². The van der Waals surface area contributed by atoms with Gasteiger partial charge in [-0.1, -0.05) is 11.8 Å². The normalized spacial score (nSPS) is 10.6. The molecular weight excluding hydrogens is 223 g/mol. The predicted molar refractivity (Wildman–Crippen MR) is 46.9 cm³/mol. The molecule has 0 saturated heterocycles. The van der Waals surface area contributed by atoms with Crippen molar-refractivity contribution in [2.45, 2.75) is 19.8 Å². The van der Waals surface area contributed by atoms with Gasteiger partial charge in [0.05, 0.1) is 10.1 Å². The number of hydrogen-bond acceptors (Lipinski definition) is 5. The standard InChI is InChI=1S/C6H12O4S2.Na/c1-6(7)11-4-2-3-5-12(8,9)10;/h2-5H2,1H3,(H,8,9,10);/q;+1/p-1. The molecule has 0 aliphatic carbocycles. The summed E-state index contributed by atoms with van der Waals surface area (Å²) >= 11 is 1.15. The Morgan fingerprint density at radius 2 is 1.92 bits per heavy atom. The molecule has 0 spiro atoms. The largest absolute Gasteiger partial charge is 1.00 e. The molecule has 0 amide bonds. The van der Waals surface area contributed by atoms with Gasteiger partial charge in [-0.25, -0.2) is 8.42 Å². The van der Waals surface area contributed by atoms with Crippen LogP contribution in [0.15, 0.2) is 0 Å². The summed E-state index contributed by atoms with van der Waals surface area (Å²) in [7, 11) is -4.07. The Hall–Kier alpha value is 0.930. The molecule has 4 nitrogen and oxygen atoms in total. The van der Waals surface area contributed by atoms with Gasteiger partial charge in [0.2, 0.25) is 0 Å². The van der Waals surface area contributed by atoms with Crippen molar-refractivity contribution in [2.75, 3.05) is 11.5 Å². The number of carbonyl (C=O) groups excluding carboxylic acids is 1. The summed E-state index contributed by atoms with van der Waals surface area (Å²) in [6, 6.07) is 0. The zero-order chi connectivity index (χ0) is 9.61. The van der Waals surface area contributed by atoms with Gasteiger partial charge in [0.25, 0.3) is 0 Å². The Morgan fingerprint density at radius 3 is 2.31 bits per heavy atom. The van der Waals surface area contributed by atoms with Gasteiger partial charge in [0, 0.05) is 18.4 Å². The SMILES string of the molecule is CC(=O)SCCCCS(=O)(=O)[O-].[Na+]. The Balaban J connectivity index is 0. The van der Waals surface area contributed by atoms with Crippen LogP contribution in [0, 0.1) is 0 Å². The van der Waals surface area contributed by atoms with Gasteiger partial charge in [-0.2, -0.15) is 0 Å². The predicted octanol–water partition coefficient (Wildman–Crippen LogP) is -2.40. The molecule has 0 atom stereocenters. The number of unbranched alkanes of at least 4 members (excludes halogenated alkanes) is 1. The van der Waals surface area contributed by atoms with Gasteiger partial charge >= 0.3 is 29.6 Å². The third kappa shape index (κ3) is 15.7. The molecule has 7 heteroatoms. The molecule has 0 rings (SSSR count). The fourth-order valence-corrected chi connectivity index (χ4v) is 1.79. The van der Waals surface area contributed by atoms with Crippen molar-refractivity contribution in [3.05, 3.63) is 0 Å². The summed E-state index contributed by atoms with van der Waals surface area (Å²) in [5.74, 6) is 0.260. The van der Waals surface area contributed by atoms with Gasteiger partial charge in [-0.05, 0) is 12.8 Å². The van der Waals surface area contributed by atoms with Gasteiger partial charge in [-0.3, -0.25) is 4.79 Å². The van der Waals surface area contributed by atoms with Crippen LogP contribution >= 0.6 is 11.8 Å². The zero-order valence-corrected chi connectivity index (χ0v) is 11.4. The number of hydrogen-bond donors (Lipinski definition) is 0. The van der Waals surface area contributed by atoms with E-state index in [0.717, 1.165) is 11.8 Å². The Labute approximate surface area is 105 Å². The van der Waals surface area contributed by atoms with E-state index in [1.165, 1.54) is 6.92 Å². The maximum absolute atomic E-state index is 10.4. The molecule has 0 aliphatic rings. The van der Waals surface area contributed by atoms with Gasteiger partial charge in [0.1, 0.15) is 0 Å². The van der Waals surface area contributed by atoms with Crippen molar-refractivity contribution in [1.29, 1.82) is 0 Å². The van der Waals surface area contributed by atoms with Crippen molar-refractivity contribution in [1.82, 2.24) is 0 Å². The molecular formula is C6H11NaO4S2. The fourth-order valence-electron chi connectivity index (χ4n) is 0.597. The topological polar surface area (TPSA) is 74.3 Å². The summed E-state index contributed by atoms with van der Waals surface area (Å²) in [4.78, 5) is 10.4. The molecule has 0 aliphatic heterocycles. The minimum atomic E-state index is -4.07. The second kappa shape index (κ2) is 8.26. The first-order valence-corrected chi connectivity index (χ1v) is 6.05. The molecule has 0 radical (unpaired) electrons. The van der Waals surface area contributed by atoms with Crippen molar-refractivity contribution >= 4 is 27.0 Å². The quantitative estimate of drug-likeness (QED) is 0.301. The van der Waals surface area contributed by atoms with Crippen LogP contribution in [0.1, 0.15) is 19.8 Å². The van der Waals surface area contributed by atoms with E-state index in [-0.39, 0.29) is 40.4 Å². The molecule has 72 valence electrons. The first-order valence-electron chi connectivity index (χ1n) is 3.49. The molecule has 0 bridgehead atoms. The fraction of sp³-hybridized carbons (Fsp3) is 0.833. The van der Waals surface area contributed by atoms with E-state index in [0.29, 0.717) is 18.6 Å². The molecule has 0 saturated carbocycles. The van der Waals surface area contributed by atoms with Crippen LogP contribution in [0.2, 0.25) is 0 Å². The van der Waals surface area contributed by atoms with Crippen molar-refractivity contribution in [3.8, 4) is 0 Å². The van der Waals surface area contributed by atoms with Crippen LogP contribution in [0.5, 0.6) is 0 Å². The minimum absolute atomic E-state index is 0. The summed E-state index contributed by atoms with van der Waals surface area (Å²) in [5.41, 5.74) is 0. The van der Waals surface area contributed by atoms with Gasteiger partial charge in [-0.15, -0.1) is 0 Å². The van der Waals surface area contributed by atoms with Crippen LogP contribution in [0.25, 0.3) is 0 Å². The van der Waals surface area contributed by atoms with Crippen LogP contribution in [0.4, 0.5) is 0 Å². The first-order chi connectivity index (χ1) is 5.42. The molecule has 0 aromatic rings. The van der Waals surface area contributed by atoms with E-state index in [1.54, 1.807) is 0 Å². The molecule has 0 aromatic carbocycles. The maximum atomic E-state index is 10.4. The van der Waals surface area contributed by atoms with Crippen LogP contribution in [0.3, 0.4) is 0 Å². The minimum Gasteiger partial charge on any atom is -0.748 e. The number of carbonyl (C=O) groups is 1. The second-order valence-corrected chi connectivity index (χ2v) is 5.10. The average molecular weight is 234 g/mol. The van der Waals surface area contributed by atoms with E-state index in [9.17, 15) is 17.8 Å². The van der Waals surface area contributed by atoms with Crippen molar-refractivity contribution in [3.63, 3.8) is 0 Å². The first kappa shape index (κ1) is 16.4. The maximum Gasteiger partial charge on any atom is 1.00 e. The smallest absolute Gasteiger partial charge is 0.748 e. The molecule has 0 heterocycles. The summed E-state index contributed by atoms with van der Waals surface area (Å²) in [6.07, 6.45) is 0.928.